The van der Waals surface area contributed by atoms with Crippen LogP contribution in [0.2, 0.25) is 5.02 Å². The molecule has 146 valence electrons. The third kappa shape index (κ3) is 5.41. The quantitative estimate of drug-likeness (QED) is 0.714. The number of rotatable bonds is 5. The van der Waals surface area contributed by atoms with E-state index in [1.165, 1.54) is 19.1 Å². The Morgan fingerprint density at radius 1 is 1.15 bits per heavy atom. The molecule has 0 saturated carbocycles. The number of nitrogens with one attached hydrogen (secondary N) is 2. The first-order valence-electron chi connectivity index (χ1n) is 7.32. The van der Waals surface area contributed by atoms with Gasteiger partial charge in [0.25, 0.3) is 0 Å². The molecule has 0 aliphatic heterocycles. The Kier molecular flexibility index (Phi) is 6.13. The first kappa shape index (κ1) is 21.1. The maximum absolute atomic E-state index is 13.8. The number of sulfonamides is 1. The lowest BCUT2D eigenvalue weighted by molar-refractivity contribution is -0.137. The van der Waals surface area contributed by atoms with Gasteiger partial charge in [0, 0.05) is 19.0 Å². The summed E-state index contributed by atoms with van der Waals surface area (Å²) in [6, 6.07) is 5.33. The summed E-state index contributed by atoms with van der Waals surface area (Å²) in [4.78, 5) is 10.8. The zero-order valence-corrected chi connectivity index (χ0v) is 15.3. The van der Waals surface area contributed by atoms with E-state index in [2.05, 4.69) is 10.0 Å². The van der Waals surface area contributed by atoms with Gasteiger partial charge in [-0.3, -0.25) is 4.79 Å². The fourth-order valence-electron chi connectivity index (χ4n) is 2.08. The number of halogens is 5. The van der Waals surface area contributed by atoms with E-state index >= 15 is 0 Å². The van der Waals surface area contributed by atoms with Gasteiger partial charge in [-0.15, -0.1) is 0 Å². The second kappa shape index (κ2) is 7.83. The van der Waals surface area contributed by atoms with E-state index in [4.69, 9.17) is 11.6 Å². The lowest BCUT2D eigenvalue weighted by atomic mass is 10.1. The van der Waals surface area contributed by atoms with E-state index in [1.807, 2.05) is 0 Å². The third-order valence-electron chi connectivity index (χ3n) is 3.39. The van der Waals surface area contributed by atoms with E-state index in [0.29, 0.717) is 12.1 Å². The van der Waals surface area contributed by atoms with Gasteiger partial charge in [-0.2, -0.15) is 13.2 Å². The first-order chi connectivity index (χ1) is 12.4. The molecule has 0 unspecified atom stereocenters. The molecule has 2 rings (SSSR count). The van der Waals surface area contributed by atoms with Crippen LogP contribution >= 0.6 is 11.6 Å². The Balaban J connectivity index is 2.18. The van der Waals surface area contributed by atoms with Crippen molar-refractivity contribution in [2.75, 3.05) is 5.32 Å². The SMILES string of the molecule is CC(=O)Nc1ccc(S(=O)(=O)NCc2ccc(C(F)(F)F)cc2F)cc1Cl. The van der Waals surface area contributed by atoms with Crippen LogP contribution in [0, 0.1) is 5.82 Å². The molecule has 0 heterocycles. The molecule has 5 nitrogen and oxygen atoms in total. The lowest BCUT2D eigenvalue weighted by Gasteiger charge is -2.11. The molecule has 1 amide bonds. The minimum absolute atomic E-state index is 0.0335. The number of anilines is 1. The predicted molar refractivity (Wildman–Crippen MR) is 91.2 cm³/mol. The molecule has 2 N–H and O–H groups in total. The van der Waals surface area contributed by atoms with Crippen LogP contribution in [0.25, 0.3) is 0 Å². The zero-order chi connectivity index (χ0) is 20.4. The third-order valence-corrected chi connectivity index (χ3v) is 5.11. The van der Waals surface area contributed by atoms with Gasteiger partial charge in [-0.05, 0) is 30.3 Å². The number of carbonyl (C=O) groups is 1. The van der Waals surface area contributed by atoms with E-state index in [0.717, 1.165) is 12.1 Å². The van der Waals surface area contributed by atoms with Gasteiger partial charge >= 0.3 is 6.18 Å². The van der Waals surface area contributed by atoms with E-state index in [9.17, 15) is 30.8 Å². The Labute approximate surface area is 157 Å². The minimum atomic E-state index is -4.70. The second-order valence-electron chi connectivity index (χ2n) is 5.45. The fourth-order valence-corrected chi connectivity index (χ4v) is 3.40. The van der Waals surface area contributed by atoms with Gasteiger partial charge in [-0.25, -0.2) is 17.5 Å². The number of benzene rings is 2. The van der Waals surface area contributed by atoms with Crippen LogP contribution < -0.4 is 10.0 Å². The first-order valence-corrected chi connectivity index (χ1v) is 9.18. The van der Waals surface area contributed by atoms with Crippen LogP contribution in [0.5, 0.6) is 0 Å². The van der Waals surface area contributed by atoms with Gasteiger partial charge in [-0.1, -0.05) is 17.7 Å². The average molecular weight is 425 g/mol. The van der Waals surface area contributed by atoms with Gasteiger partial charge < -0.3 is 5.32 Å². The van der Waals surface area contributed by atoms with Crippen LogP contribution in [0.15, 0.2) is 41.3 Å². The fraction of sp³-hybridized carbons (Fsp3) is 0.188. The van der Waals surface area contributed by atoms with Crippen LogP contribution in [0.1, 0.15) is 18.1 Å². The maximum Gasteiger partial charge on any atom is 0.416 e. The van der Waals surface area contributed by atoms with Gasteiger partial charge in [0.05, 0.1) is 21.2 Å². The number of amides is 1. The Morgan fingerprint density at radius 3 is 2.33 bits per heavy atom. The Bertz CT molecular complexity index is 978. The van der Waals surface area contributed by atoms with E-state index < -0.39 is 40.0 Å². The summed E-state index contributed by atoms with van der Waals surface area (Å²) < 4.78 is 78.0. The molecule has 0 spiro atoms. The second-order valence-corrected chi connectivity index (χ2v) is 7.63. The van der Waals surface area contributed by atoms with E-state index in [1.54, 1.807) is 0 Å². The van der Waals surface area contributed by atoms with E-state index in [-0.39, 0.29) is 21.2 Å². The van der Waals surface area contributed by atoms with Gasteiger partial charge in [0.1, 0.15) is 5.82 Å². The molecule has 0 aromatic heterocycles. The Morgan fingerprint density at radius 2 is 1.81 bits per heavy atom. The maximum atomic E-state index is 13.8. The summed E-state index contributed by atoms with van der Waals surface area (Å²) in [5.41, 5.74) is -1.23. The lowest BCUT2D eigenvalue weighted by Crippen LogP contribution is -2.24. The van der Waals surface area contributed by atoms with Crippen LogP contribution in [0.3, 0.4) is 0 Å². The standard InChI is InChI=1S/C16H13ClF4N2O3S/c1-9(24)23-15-5-4-12(7-13(15)17)27(25,26)22-8-10-2-3-11(6-14(10)18)16(19,20)21/h2-7,22H,8H2,1H3,(H,23,24). The van der Waals surface area contributed by atoms with Gasteiger partial charge in [0.2, 0.25) is 15.9 Å². The van der Waals surface area contributed by atoms with Crippen LogP contribution in [0.4, 0.5) is 23.2 Å². The van der Waals surface area contributed by atoms with Crippen molar-refractivity contribution < 1.29 is 30.8 Å². The highest BCUT2D eigenvalue weighted by Crippen LogP contribution is 2.30. The molecule has 0 bridgehead atoms. The summed E-state index contributed by atoms with van der Waals surface area (Å²) in [5.74, 6) is -1.59. The normalized spacial score (nSPS) is 12.1. The van der Waals surface area contributed by atoms with Crippen LogP contribution in [-0.2, 0) is 27.5 Å². The molecule has 0 atom stereocenters. The molecule has 0 aliphatic carbocycles. The van der Waals surface area contributed by atoms with Crippen molar-refractivity contribution in [1.29, 1.82) is 0 Å². The summed E-state index contributed by atoms with van der Waals surface area (Å²) in [6.45, 7) is 0.693. The smallest absolute Gasteiger partial charge is 0.325 e. The number of carbonyl (C=O) groups excluding carboxylic acids is 1. The molecule has 0 fully saturated rings. The molecule has 0 aliphatic rings. The minimum Gasteiger partial charge on any atom is -0.325 e. The highest BCUT2D eigenvalue weighted by molar-refractivity contribution is 7.89. The molecule has 2 aromatic carbocycles. The number of alkyl halides is 3. The van der Waals surface area contributed by atoms with Crippen molar-refractivity contribution in [2.45, 2.75) is 24.5 Å². The summed E-state index contributed by atoms with van der Waals surface area (Å²) in [5, 5.41) is 2.37. The topological polar surface area (TPSA) is 75.3 Å². The van der Waals surface area contributed by atoms with Crippen LogP contribution in [-0.4, -0.2) is 14.3 Å². The van der Waals surface area contributed by atoms with Crippen molar-refractivity contribution >= 4 is 33.2 Å². The molecule has 0 radical (unpaired) electrons. The summed E-state index contributed by atoms with van der Waals surface area (Å²) in [6.07, 6.45) is -4.70. The monoisotopic (exact) mass is 424 g/mol. The Hall–Kier alpha value is -2.17. The zero-order valence-electron chi connectivity index (χ0n) is 13.7. The highest BCUT2D eigenvalue weighted by Gasteiger charge is 2.31. The average Bonchev–Trinajstić information content (AvgIpc) is 2.54. The molecular weight excluding hydrogens is 412 g/mol. The number of hydrogen-bond acceptors (Lipinski definition) is 3. The van der Waals surface area contributed by atoms with Crippen molar-refractivity contribution in [1.82, 2.24) is 4.72 Å². The van der Waals surface area contributed by atoms with Crippen molar-refractivity contribution in [3.05, 3.63) is 58.4 Å². The molecule has 11 heteroatoms. The number of hydrogen-bond donors (Lipinski definition) is 2. The largest absolute Gasteiger partial charge is 0.416 e. The summed E-state index contributed by atoms with van der Waals surface area (Å²) in [7, 11) is -4.12. The molecule has 2 aromatic rings. The molecule has 0 saturated heterocycles. The molecular formula is C16H13ClF4N2O3S. The van der Waals surface area contributed by atoms with Crippen molar-refractivity contribution in [3.63, 3.8) is 0 Å². The summed E-state index contributed by atoms with van der Waals surface area (Å²) >= 11 is 5.91. The van der Waals surface area contributed by atoms with Gasteiger partial charge in [0.15, 0.2) is 0 Å². The highest BCUT2D eigenvalue weighted by atomic mass is 35.5. The van der Waals surface area contributed by atoms with Crippen molar-refractivity contribution in [2.24, 2.45) is 0 Å². The molecule has 27 heavy (non-hydrogen) atoms. The van der Waals surface area contributed by atoms with Crippen molar-refractivity contribution in [3.8, 4) is 0 Å². The predicted octanol–water partition coefficient (Wildman–Crippen LogP) is 3.93.